The smallest absolute Gasteiger partial charge is 0.407 e. The lowest BCUT2D eigenvalue weighted by Crippen LogP contribution is -2.45. The zero-order valence-corrected chi connectivity index (χ0v) is 21.9. The van der Waals surface area contributed by atoms with Crippen LogP contribution in [-0.2, 0) is 11.2 Å². The van der Waals surface area contributed by atoms with Gasteiger partial charge in [-0.2, -0.15) is 4.98 Å². The Kier molecular flexibility index (Phi) is 12.9. The Balaban J connectivity index is 0.00000841. The van der Waals surface area contributed by atoms with Crippen LogP contribution in [0.25, 0.3) is 0 Å². The lowest BCUT2D eigenvalue weighted by Gasteiger charge is -2.28. The molecule has 2 N–H and O–H groups in total. The molecule has 1 atom stereocenters. The monoisotopic (exact) mass is 538 g/mol. The fourth-order valence-electron chi connectivity index (χ4n) is 2.64. The largest absolute Gasteiger partial charge is 0.444 e. The molecule has 1 rings (SSSR count). The number of rotatable bonds is 9. The lowest BCUT2D eigenvalue weighted by atomic mass is 10.0. The highest BCUT2D eigenvalue weighted by atomic mass is 127. The first kappa shape index (κ1) is 28.4. The Morgan fingerprint density at radius 3 is 2.50 bits per heavy atom. The van der Waals surface area contributed by atoms with Crippen LogP contribution in [0.4, 0.5) is 4.79 Å². The Labute approximate surface area is 197 Å². The van der Waals surface area contributed by atoms with E-state index in [1.165, 1.54) is 0 Å². The van der Waals surface area contributed by atoms with E-state index in [4.69, 9.17) is 9.26 Å². The number of hydrogen-bond donors (Lipinski definition) is 2. The molecule has 10 heteroatoms. The summed E-state index contributed by atoms with van der Waals surface area (Å²) in [6.07, 6.45) is 0.994. The Bertz CT molecular complexity index is 657. The van der Waals surface area contributed by atoms with E-state index in [2.05, 4.69) is 44.5 Å². The Hall–Kier alpha value is -1.59. The number of aliphatic imine (C=N–C) groups is 1. The number of nitrogens with one attached hydrogen (secondary N) is 2. The van der Waals surface area contributed by atoms with Gasteiger partial charge in [0.15, 0.2) is 11.8 Å². The molecule has 1 heterocycles. The number of carbonyl (C=O) groups is 1. The van der Waals surface area contributed by atoms with Crippen molar-refractivity contribution in [1.29, 1.82) is 0 Å². The summed E-state index contributed by atoms with van der Waals surface area (Å²) in [6.45, 7) is 15.7. The summed E-state index contributed by atoms with van der Waals surface area (Å²) in [4.78, 5) is 23.0. The summed E-state index contributed by atoms with van der Waals surface area (Å²) in [5, 5.41) is 10.1. The molecule has 1 unspecified atom stereocenters. The van der Waals surface area contributed by atoms with E-state index in [0.29, 0.717) is 24.7 Å². The van der Waals surface area contributed by atoms with Crippen LogP contribution in [0.5, 0.6) is 0 Å². The zero-order chi connectivity index (χ0) is 22.0. The number of nitrogens with zero attached hydrogens (tertiary/aromatic N) is 4. The number of ether oxygens (including phenoxy) is 1. The van der Waals surface area contributed by atoms with Gasteiger partial charge in [0.1, 0.15) is 5.60 Å². The molecule has 0 saturated carbocycles. The number of alkyl carbamates (subject to hydrolysis) is 1. The molecular weight excluding hydrogens is 499 g/mol. The van der Waals surface area contributed by atoms with Gasteiger partial charge in [0, 0.05) is 32.6 Å². The highest BCUT2D eigenvalue weighted by Gasteiger charge is 2.22. The van der Waals surface area contributed by atoms with Crippen LogP contribution in [0.1, 0.15) is 59.7 Å². The quantitative estimate of drug-likeness (QED) is 0.282. The van der Waals surface area contributed by atoms with Crippen molar-refractivity contribution in [1.82, 2.24) is 25.7 Å². The van der Waals surface area contributed by atoms with Gasteiger partial charge in [-0.25, -0.2) is 4.79 Å². The van der Waals surface area contributed by atoms with Gasteiger partial charge in [-0.15, -0.1) is 24.0 Å². The van der Waals surface area contributed by atoms with Crippen LogP contribution in [0.2, 0.25) is 0 Å². The lowest BCUT2D eigenvalue weighted by molar-refractivity contribution is 0.0486. The number of guanidine groups is 1. The third kappa shape index (κ3) is 11.6. The predicted octanol–water partition coefficient (Wildman–Crippen LogP) is 3.38. The molecule has 0 fully saturated rings. The van der Waals surface area contributed by atoms with Gasteiger partial charge >= 0.3 is 6.09 Å². The SMILES string of the molecule is CCNC(=NCCc1nc(C)no1)N(C)CCC(NC(=O)OC(C)(C)C)C(C)C.I. The normalized spacial score (nSPS) is 12.9. The van der Waals surface area contributed by atoms with E-state index in [0.717, 1.165) is 25.5 Å². The maximum absolute atomic E-state index is 12.1. The van der Waals surface area contributed by atoms with Crippen LogP contribution in [-0.4, -0.2) is 65.4 Å². The minimum atomic E-state index is -0.510. The fourth-order valence-corrected chi connectivity index (χ4v) is 2.64. The van der Waals surface area contributed by atoms with Crippen LogP contribution in [0.3, 0.4) is 0 Å². The van der Waals surface area contributed by atoms with E-state index in [1.54, 1.807) is 6.92 Å². The van der Waals surface area contributed by atoms with E-state index in [-0.39, 0.29) is 42.0 Å². The van der Waals surface area contributed by atoms with E-state index in [1.807, 2.05) is 34.7 Å². The Morgan fingerprint density at radius 2 is 2.00 bits per heavy atom. The zero-order valence-electron chi connectivity index (χ0n) is 19.6. The topological polar surface area (TPSA) is 105 Å². The molecule has 0 radical (unpaired) electrons. The van der Waals surface area contributed by atoms with Crippen molar-refractivity contribution in [2.24, 2.45) is 10.9 Å². The summed E-state index contributed by atoms with van der Waals surface area (Å²) in [5.74, 6) is 2.32. The molecule has 0 aromatic carbocycles. The molecule has 174 valence electrons. The molecule has 1 amide bonds. The van der Waals surface area contributed by atoms with Crippen molar-refractivity contribution in [2.75, 3.05) is 26.7 Å². The molecule has 1 aromatic heterocycles. The van der Waals surface area contributed by atoms with Crippen LogP contribution in [0.15, 0.2) is 9.52 Å². The minimum absolute atomic E-state index is 0. The maximum atomic E-state index is 12.1. The molecule has 0 aliphatic carbocycles. The first-order valence-electron chi connectivity index (χ1n) is 10.3. The van der Waals surface area contributed by atoms with Crippen molar-refractivity contribution in [2.45, 2.75) is 73.0 Å². The molecule has 0 aliphatic heterocycles. The third-order valence-electron chi connectivity index (χ3n) is 4.14. The van der Waals surface area contributed by atoms with Crippen LogP contribution in [0, 0.1) is 12.8 Å². The van der Waals surface area contributed by atoms with Crippen molar-refractivity contribution in [3.63, 3.8) is 0 Å². The summed E-state index contributed by atoms with van der Waals surface area (Å²) in [5.41, 5.74) is -0.510. The standard InChI is InChI=1S/C20H38N6O3.HI/c1-9-21-18(22-12-10-17-23-15(4)25-29-17)26(8)13-11-16(14(2)3)24-19(27)28-20(5,6)7;/h14,16H,9-13H2,1-8H3,(H,21,22)(H,24,27);1H. The molecule has 1 aromatic rings. The van der Waals surface area contributed by atoms with Gasteiger partial charge in [0.2, 0.25) is 5.89 Å². The summed E-state index contributed by atoms with van der Waals surface area (Å²) in [6, 6.07) is 0.0107. The Morgan fingerprint density at radius 1 is 1.33 bits per heavy atom. The first-order valence-corrected chi connectivity index (χ1v) is 10.3. The van der Waals surface area contributed by atoms with Gasteiger partial charge in [-0.05, 0) is 47.0 Å². The van der Waals surface area contributed by atoms with Crippen molar-refractivity contribution < 1.29 is 14.1 Å². The minimum Gasteiger partial charge on any atom is -0.444 e. The van der Waals surface area contributed by atoms with Crippen molar-refractivity contribution >= 4 is 36.0 Å². The molecule has 9 nitrogen and oxygen atoms in total. The number of carbonyl (C=O) groups excluding carboxylic acids is 1. The third-order valence-corrected chi connectivity index (χ3v) is 4.14. The number of aryl methyl sites for hydroxylation is 1. The fraction of sp³-hybridized carbons (Fsp3) is 0.800. The van der Waals surface area contributed by atoms with Gasteiger partial charge in [-0.1, -0.05) is 19.0 Å². The molecule has 0 spiro atoms. The predicted molar refractivity (Wildman–Crippen MR) is 129 cm³/mol. The number of aromatic nitrogens is 2. The summed E-state index contributed by atoms with van der Waals surface area (Å²) in [7, 11) is 1.99. The number of halogens is 1. The second-order valence-corrected chi connectivity index (χ2v) is 8.43. The van der Waals surface area contributed by atoms with E-state index in [9.17, 15) is 4.79 Å². The second-order valence-electron chi connectivity index (χ2n) is 8.43. The first-order chi connectivity index (χ1) is 13.5. The highest BCUT2D eigenvalue weighted by molar-refractivity contribution is 14.0. The van der Waals surface area contributed by atoms with E-state index >= 15 is 0 Å². The van der Waals surface area contributed by atoms with Crippen molar-refractivity contribution in [3.05, 3.63) is 11.7 Å². The van der Waals surface area contributed by atoms with Crippen LogP contribution < -0.4 is 10.6 Å². The van der Waals surface area contributed by atoms with Gasteiger partial charge in [-0.3, -0.25) is 4.99 Å². The average Bonchev–Trinajstić information content (AvgIpc) is 3.01. The van der Waals surface area contributed by atoms with Gasteiger partial charge in [0.25, 0.3) is 0 Å². The van der Waals surface area contributed by atoms with Crippen LogP contribution >= 0.6 is 24.0 Å². The van der Waals surface area contributed by atoms with Gasteiger partial charge in [0.05, 0.1) is 6.54 Å². The molecule has 30 heavy (non-hydrogen) atoms. The summed E-state index contributed by atoms with van der Waals surface area (Å²) < 4.78 is 10.5. The number of amides is 1. The van der Waals surface area contributed by atoms with E-state index < -0.39 is 5.60 Å². The summed E-state index contributed by atoms with van der Waals surface area (Å²) >= 11 is 0. The van der Waals surface area contributed by atoms with Gasteiger partial charge < -0.3 is 24.8 Å². The molecular formula is C20H39IN6O3. The number of hydrogen-bond acceptors (Lipinski definition) is 6. The second kappa shape index (κ2) is 13.7. The van der Waals surface area contributed by atoms with Crippen molar-refractivity contribution in [3.8, 4) is 0 Å². The molecule has 0 bridgehead atoms. The highest BCUT2D eigenvalue weighted by Crippen LogP contribution is 2.11. The average molecular weight is 538 g/mol. The maximum Gasteiger partial charge on any atom is 0.407 e. The molecule has 0 aliphatic rings. The molecule has 0 saturated heterocycles.